The second-order valence-corrected chi connectivity index (χ2v) is 6.66. The van der Waals surface area contributed by atoms with Gasteiger partial charge in [0.15, 0.2) is 5.69 Å². The summed E-state index contributed by atoms with van der Waals surface area (Å²) in [5.74, 6) is -0.154. The molecule has 1 aliphatic rings. The zero-order valence-electron chi connectivity index (χ0n) is 14.9. The number of aryl methyl sites for hydroxylation is 2. The summed E-state index contributed by atoms with van der Waals surface area (Å²) in [5.41, 5.74) is 3.21. The molecule has 3 heterocycles. The number of aromatic amines is 1. The van der Waals surface area contributed by atoms with E-state index < -0.39 is 0 Å². The van der Waals surface area contributed by atoms with Crippen LogP contribution in [0.1, 0.15) is 47.8 Å². The van der Waals surface area contributed by atoms with Crippen LogP contribution in [-0.2, 0) is 24.3 Å². The SMILES string of the molecule is CC(=O)N1CCCn2nc(C(=O)N[C@@H](C)Cc3cc(C)[nH]n3)cc2C1. The highest BCUT2D eigenvalue weighted by atomic mass is 16.2. The van der Waals surface area contributed by atoms with E-state index in [9.17, 15) is 9.59 Å². The van der Waals surface area contributed by atoms with E-state index in [1.807, 2.05) is 24.6 Å². The Labute approximate surface area is 146 Å². The largest absolute Gasteiger partial charge is 0.348 e. The summed E-state index contributed by atoms with van der Waals surface area (Å²) in [4.78, 5) is 25.9. The second kappa shape index (κ2) is 7.08. The summed E-state index contributed by atoms with van der Waals surface area (Å²) >= 11 is 0. The molecule has 2 aromatic rings. The first-order chi connectivity index (χ1) is 11.9. The van der Waals surface area contributed by atoms with Gasteiger partial charge in [0.05, 0.1) is 17.9 Å². The highest BCUT2D eigenvalue weighted by Crippen LogP contribution is 2.14. The van der Waals surface area contributed by atoms with Crippen LogP contribution in [0.15, 0.2) is 12.1 Å². The fraction of sp³-hybridized carbons (Fsp3) is 0.529. The molecule has 0 fully saturated rings. The molecule has 0 aliphatic carbocycles. The molecule has 8 nitrogen and oxygen atoms in total. The average molecular weight is 344 g/mol. The van der Waals surface area contributed by atoms with Crippen LogP contribution in [0.3, 0.4) is 0 Å². The Morgan fingerprint density at radius 3 is 2.84 bits per heavy atom. The summed E-state index contributed by atoms with van der Waals surface area (Å²) in [6.07, 6.45) is 1.49. The van der Waals surface area contributed by atoms with Gasteiger partial charge in [-0.3, -0.25) is 19.4 Å². The summed E-state index contributed by atoms with van der Waals surface area (Å²) in [6.45, 7) is 7.40. The monoisotopic (exact) mass is 344 g/mol. The van der Waals surface area contributed by atoms with E-state index in [2.05, 4.69) is 20.6 Å². The van der Waals surface area contributed by atoms with Crippen molar-refractivity contribution in [3.05, 3.63) is 34.9 Å². The van der Waals surface area contributed by atoms with E-state index in [-0.39, 0.29) is 17.9 Å². The number of nitrogens with zero attached hydrogens (tertiary/aromatic N) is 4. The normalized spacial score (nSPS) is 15.4. The Kier molecular flexibility index (Phi) is 4.87. The topological polar surface area (TPSA) is 95.9 Å². The van der Waals surface area contributed by atoms with Gasteiger partial charge in [0.1, 0.15) is 0 Å². The first kappa shape index (κ1) is 17.2. The van der Waals surface area contributed by atoms with E-state index in [1.165, 1.54) is 0 Å². The summed E-state index contributed by atoms with van der Waals surface area (Å²) in [6, 6.07) is 3.70. The van der Waals surface area contributed by atoms with Crippen LogP contribution in [0, 0.1) is 6.92 Å². The molecule has 3 rings (SSSR count). The fourth-order valence-electron chi connectivity index (χ4n) is 3.08. The second-order valence-electron chi connectivity index (χ2n) is 6.66. The number of carbonyl (C=O) groups is 2. The summed E-state index contributed by atoms with van der Waals surface area (Å²) in [5, 5.41) is 14.5. The predicted octanol–water partition coefficient (Wildman–Crippen LogP) is 1.03. The van der Waals surface area contributed by atoms with Gasteiger partial charge in [0.25, 0.3) is 5.91 Å². The number of fused-ring (bicyclic) bond motifs is 1. The van der Waals surface area contributed by atoms with Gasteiger partial charge in [-0.1, -0.05) is 0 Å². The molecule has 0 unspecified atom stereocenters. The Hall–Kier alpha value is -2.64. The third-order valence-corrected chi connectivity index (χ3v) is 4.34. The minimum Gasteiger partial charge on any atom is -0.348 e. The number of rotatable bonds is 4. The molecule has 134 valence electrons. The van der Waals surface area contributed by atoms with Crippen LogP contribution in [-0.4, -0.2) is 49.3 Å². The van der Waals surface area contributed by atoms with Crippen molar-refractivity contribution < 1.29 is 9.59 Å². The van der Waals surface area contributed by atoms with Crippen molar-refractivity contribution in [3.8, 4) is 0 Å². The summed E-state index contributed by atoms with van der Waals surface area (Å²) in [7, 11) is 0. The molecule has 1 atom stereocenters. The van der Waals surface area contributed by atoms with Gasteiger partial charge in [0.2, 0.25) is 5.91 Å². The van der Waals surface area contributed by atoms with Crippen molar-refractivity contribution in [2.45, 2.75) is 52.7 Å². The summed E-state index contributed by atoms with van der Waals surface area (Å²) < 4.78 is 1.83. The lowest BCUT2D eigenvalue weighted by Gasteiger charge is -2.17. The Morgan fingerprint density at radius 1 is 1.36 bits per heavy atom. The van der Waals surface area contributed by atoms with E-state index in [1.54, 1.807) is 17.9 Å². The molecule has 2 N–H and O–H groups in total. The molecule has 0 radical (unpaired) electrons. The third-order valence-electron chi connectivity index (χ3n) is 4.34. The van der Waals surface area contributed by atoms with Crippen LogP contribution in [0.4, 0.5) is 0 Å². The number of aromatic nitrogens is 4. The van der Waals surface area contributed by atoms with Crippen LogP contribution in [0.25, 0.3) is 0 Å². The fourth-order valence-corrected chi connectivity index (χ4v) is 3.08. The third kappa shape index (κ3) is 4.07. The first-order valence-corrected chi connectivity index (χ1v) is 8.56. The molecule has 25 heavy (non-hydrogen) atoms. The maximum atomic E-state index is 12.5. The highest BCUT2D eigenvalue weighted by Gasteiger charge is 2.21. The van der Waals surface area contributed by atoms with Gasteiger partial charge in [-0.2, -0.15) is 10.2 Å². The number of nitrogens with one attached hydrogen (secondary N) is 2. The van der Waals surface area contributed by atoms with E-state index in [4.69, 9.17) is 0 Å². The van der Waals surface area contributed by atoms with Crippen molar-refractivity contribution in [1.29, 1.82) is 0 Å². The molecular formula is C17H24N6O2. The number of hydrogen-bond donors (Lipinski definition) is 2. The maximum absolute atomic E-state index is 12.5. The Bertz CT molecular complexity index is 778. The molecule has 8 heteroatoms. The number of amides is 2. The predicted molar refractivity (Wildman–Crippen MR) is 91.9 cm³/mol. The number of carbonyl (C=O) groups excluding carboxylic acids is 2. The van der Waals surface area contributed by atoms with Crippen LogP contribution >= 0.6 is 0 Å². The number of hydrogen-bond acceptors (Lipinski definition) is 4. The van der Waals surface area contributed by atoms with E-state index in [0.717, 1.165) is 30.0 Å². The number of H-pyrrole nitrogens is 1. The van der Waals surface area contributed by atoms with Gasteiger partial charge in [0, 0.05) is 38.2 Å². The van der Waals surface area contributed by atoms with E-state index in [0.29, 0.717) is 25.2 Å². The van der Waals surface area contributed by atoms with Crippen molar-refractivity contribution in [1.82, 2.24) is 30.2 Å². The minimum absolute atomic E-state index is 0.0450. The first-order valence-electron chi connectivity index (χ1n) is 8.56. The van der Waals surface area contributed by atoms with Crippen molar-refractivity contribution in [3.63, 3.8) is 0 Å². The molecule has 2 amide bonds. The van der Waals surface area contributed by atoms with Crippen LogP contribution < -0.4 is 5.32 Å². The van der Waals surface area contributed by atoms with Gasteiger partial charge in [-0.25, -0.2) is 0 Å². The van der Waals surface area contributed by atoms with Crippen molar-refractivity contribution >= 4 is 11.8 Å². The quantitative estimate of drug-likeness (QED) is 0.866. The molecule has 0 saturated heterocycles. The molecular weight excluding hydrogens is 320 g/mol. The Morgan fingerprint density at radius 2 is 2.16 bits per heavy atom. The van der Waals surface area contributed by atoms with Gasteiger partial charge in [-0.15, -0.1) is 0 Å². The van der Waals surface area contributed by atoms with Gasteiger partial charge < -0.3 is 10.2 Å². The molecule has 0 saturated carbocycles. The lowest BCUT2D eigenvalue weighted by molar-refractivity contribution is -0.129. The van der Waals surface area contributed by atoms with Crippen molar-refractivity contribution in [2.75, 3.05) is 6.54 Å². The molecule has 0 aromatic carbocycles. The molecule has 0 spiro atoms. The minimum atomic E-state index is -0.199. The molecule has 2 aromatic heterocycles. The molecule has 1 aliphatic heterocycles. The molecule has 0 bridgehead atoms. The van der Waals surface area contributed by atoms with Crippen LogP contribution in [0.5, 0.6) is 0 Å². The van der Waals surface area contributed by atoms with E-state index >= 15 is 0 Å². The lowest BCUT2D eigenvalue weighted by atomic mass is 10.1. The standard InChI is InChI=1S/C17H24N6O2/c1-11(7-14-8-12(2)19-20-14)18-17(25)16-9-15-10-22(13(3)24)5-4-6-23(15)21-16/h8-9,11H,4-7,10H2,1-3H3,(H,18,25)(H,19,20)/t11-/m0/s1. The highest BCUT2D eigenvalue weighted by molar-refractivity contribution is 5.92. The van der Waals surface area contributed by atoms with Crippen molar-refractivity contribution in [2.24, 2.45) is 0 Å². The van der Waals surface area contributed by atoms with Gasteiger partial charge >= 0.3 is 0 Å². The smallest absolute Gasteiger partial charge is 0.272 e. The Balaban J connectivity index is 1.65. The zero-order valence-corrected chi connectivity index (χ0v) is 14.9. The van der Waals surface area contributed by atoms with Gasteiger partial charge in [-0.05, 0) is 32.4 Å². The zero-order chi connectivity index (χ0) is 18.0. The maximum Gasteiger partial charge on any atom is 0.272 e. The van der Waals surface area contributed by atoms with Crippen LogP contribution in [0.2, 0.25) is 0 Å². The lowest BCUT2D eigenvalue weighted by Crippen LogP contribution is -2.34. The average Bonchev–Trinajstić information content (AvgIpc) is 3.07.